The Morgan fingerprint density at radius 3 is 3.07 bits per heavy atom. The number of carbonyl (C=O) groups is 1. The Labute approximate surface area is 84.7 Å². The maximum absolute atomic E-state index is 11.6. The number of hydrogen-bond acceptors (Lipinski definition) is 2. The molecule has 3 aliphatic carbocycles. The third-order valence-corrected chi connectivity index (χ3v) is 4.99. The largest absolute Gasteiger partial charge is 0.393 e. The highest BCUT2D eigenvalue weighted by Crippen LogP contribution is 2.59. The van der Waals surface area contributed by atoms with E-state index in [0.29, 0.717) is 17.6 Å². The number of carbonyl (C=O) groups excluding carboxylic acids is 1. The fourth-order valence-corrected chi connectivity index (χ4v) is 4.22. The summed E-state index contributed by atoms with van der Waals surface area (Å²) in [5.74, 6) is 1.43. The number of hydrogen-bond donors (Lipinski definition) is 1. The van der Waals surface area contributed by atoms with Gasteiger partial charge in [0.25, 0.3) is 0 Å². The molecule has 0 aromatic carbocycles. The summed E-state index contributed by atoms with van der Waals surface area (Å²) in [7, 11) is 0. The van der Waals surface area contributed by atoms with E-state index in [-0.39, 0.29) is 11.5 Å². The van der Waals surface area contributed by atoms with E-state index in [9.17, 15) is 9.90 Å². The number of Topliss-reactive ketones (excluding diaryl/α,β-unsaturated/α-hetero) is 1. The molecule has 0 heterocycles. The van der Waals surface area contributed by atoms with Crippen LogP contribution in [0.15, 0.2) is 0 Å². The first kappa shape index (κ1) is 8.90. The Morgan fingerprint density at radius 1 is 1.36 bits per heavy atom. The van der Waals surface area contributed by atoms with Crippen molar-refractivity contribution in [2.75, 3.05) is 0 Å². The summed E-state index contributed by atoms with van der Waals surface area (Å²) in [5.41, 5.74) is 0.164. The summed E-state index contributed by atoms with van der Waals surface area (Å²) < 4.78 is 0. The van der Waals surface area contributed by atoms with Crippen LogP contribution in [0.5, 0.6) is 0 Å². The zero-order valence-corrected chi connectivity index (χ0v) is 8.54. The molecule has 0 aromatic rings. The molecular formula is C12H18O2. The van der Waals surface area contributed by atoms with Gasteiger partial charge in [0, 0.05) is 17.8 Å². The Morgan fingerprint density at radius 2 is 2.21 bits per heavy atom. The van der Waals surface area contributed by atoms with Crippen molar-refractivity contribution in [3.8, 4) is 0 Å². The highest BCUT2D eigenvalue weighted by Gasteiger charge is 2.56. The zero-order valence-electron chi connectivity index (χ0n) is 8.54. The van der Waals surface area contributed by atoms with Gasteiger partial charge in [-0.2, -0.15) is 0 Å². The summed E-state index contributed by atoms with van der Waals surface area (Å²) in [6.07, 6.45) is 7.05. The Kier molecular flexibility index (Phi) is 1.79. The van der Waals surface area contributed by atoms with Crippen molar-refractivity contribution in [1.29, 1.82) is 0 Å². The van der Waals surface area contributed by atoms with Crippen molar-refractivity contribution >= 4 is 5.78 Å². The molecule has 0 aliphatic heterocycles. The van der Waals surface area contributed by atoms with E-state index in [2.05, 4.69) is 0 Å². The third kappa shape index (κ3) is 0.979. The van der Waals surface area contributed by atoms with Crippen LogP contribution in [0.3, 0.4) is 0 Å². The molecule has 78 valence electrons. The summed E-state index contributed by atoms with van der Waals surface area (Å²) in [6.45, 7) is 0. The minimum atomic E-state index is -0.112. The Bertz CT molecular complexity index is 273. The maximum Gasteiger partial charge on any atom is 0.136 e. The van der Waals surface area contributed by atoms with E-state index in [4.69, 9.17) is 0 Å². The van der Waals surface area contributed by atoms with E-state index in [1.165, 1.54) is 6.42 Å². The molecule has 3 rings (SSSR count). The second-order valence-corrected chi connectivity index (χ2v) is 5.48. The summed E-state index contributed by atoms with van der Waals surface area (Å²) >= 11 is 0. The van der Waals surface area contributed by atoms with Crippen LogP contribution < -0.4 is 0 Å². The molecule has 3 aliphatic rings. The molecule has 1 unspecified atom stereocenters. The van der Waals surface area contributed by atoms with Crippen molar-refractivity contribution in [3.05, 3.63) is 0 Å². The topological polar surface area (TPSA) is 37.3 Å². The minimum absolute atomic E-state index is 0.112. The van der Waals surface area contributed by atoms with Gasteiger partial charge in [-0.3, -0.25) is 4.79 Å². The minimum Gasteiger partial charge on any atom is -0.393 e. The summed E-state index contributed by atoms with van der Waals surface area (Å²) in [6, 6.07) is 0. The van der Waals surface area contributed by atoms with Crippen LogP contribution in [0.1, 0.15) is 44.9 Å². The molecule has 4 atom stereocenters. The summed E-state index contributed by atoms with van der Waals surface area (Å²) in [5, 5.41) is 10.2. The van der Waals surface area contributed by atoms with Crippen molar-refractivity contribution in [3.63, 3.8) is 0 Å². The average molecular weight is 194 g/mol. The lowest BCUT2D eigenvalue weighted by Gasteiger charge is -2.44. The molecule has 0 saturated heterocycles. The first-order chi connectivity index (χ1) is 6.72. The number of fused-ring (bicyclic) bond motifs is 1. The predicted molar refractivity (Wildman–Crippen MR) is 52.7 cm³/mol. The highest BCUT2D eigenvalue weighted by atomic mass is 16.3. The quantitative estimate of drug-likeness (QED) is 0.639. The average Bonchev–Trinajstić information content (AvgIpc) is 2.50. The van der Waals surface area contributed by atoms with Crippen LogP contribution in [0.2, 0.25) is 0 Å². The van der Waals surface area contributed by atoms with E-state index in [1.54, 1.807) is 0 Å². The molecule has 2 nitrogen and oxygen atoms in total. The van der Waals surface area contributed by atoms with E-state index in [1.807, 2.05) is 0 Å². The molecule has 0 aromatic heterocycles. The SMILES string of the molecule is O=C1CC[C@]23CC1C[C@@H]2CCC[C@H]3O. The molecule has 1 spiro atoms. The van der Waals surface area contributed by atoms with Gasteiger partial charge in [0.1, 0.15) is 5.78 Å². The van der Waals surface area contributed by atoms with Crippen LogP contribution in [-0.4, -0.2) is 17.0 Å². The van der Waals surface area contributed by atoms with Gasteiger partial charge >= 0.3 is 0 Å². The molecule has 3 fully saturated rings. The third-order valence-electron chi connectivity index (χ3n) is 4.99. The number of ketones is 1. The smallest absolute Gasteiger partial charge is 0.136 e. The fraction of sp³-hybridized carbons (Fsp3) is 0.917. The number of aliphatic hydroxyl groups excluding tert-OH is 1. The van der Waals surface area contributed by atoms with Gasteiger partial charge in [-0.05, 0) is 38.0 Å². The number of rotatable bonds is 0. The van der Waals surface area contributed by atoms with Crippen LogP contribution in [-0.2, 0) is 4.79 Å². The Hall–Kier alpha value is -0.370. The molecule has 3 saturated carbocycles. The maximum atomic E-state index is 11.6. The van der Waals surface area contributed by atoms with Gasteiger partial charge in [-0.1, -0.05) is 6.42 Å². The van der Waals surface area contributed by atoms with Crippen molar-refractivity contribution in [1.82, 2.24) is 0 Å². The predicted octanol–water partition coefficient (Wildman–Crippen LogP) is 1.91. The molecule has 14 heavy (non-hydrogen) atoms. The normalized spacial score (nSPS) is 51.8. The lowest BCUT2D eigenvalue weighted by Crippen LogP contribution is -2.43. The molecule has 0 amide bonds. The molecule has 2 bridgehead atoms. The second-order valence-electron chi connectivity index (χ2n) is 5.48. The van der Waals surface area contributed by atoms with E-state index in [0.717, 1.165) is 38.5 Å². The van der Waals surface area contributed by atoms with Crippen molar-refractivity contribution < 1.29 is 9.90 Å². The zero-order chi connectivity index (χ0) is 9.76. The van der Waals surface area contributed by atoms with Crippen LogP contribution in [0, 0.1) is 17.3 Å². The first-order valence-electron chi connectivity index (χ1n) is 5.93. The van der Waals surface area contributed by atoms with Crippen molar-refractivity contribution in [2.24, 2.45) is 17.3 Å². The monoisotopic (exact) mass is 194 g/mol. The van der Waals surface area contributed by atoms with Gasteiger partial charge < -0.3 is 5.11 Å². The fourth-order valence-electron chi connectivity index (χ4n) is 4.22. The van der Waals surface area contributed by atoms with E-state index < -0.39 is 0 Å². The highest BCUT2D eigenvalue weighted by molar-refractivity contribution is 5.82. The van der Waals surface area contributed by atoms with Crippen LogP contribution in [0.4, 0.5) is 0 Å². The van der Waals surface area contributed by atoms with Crippen molar-refractivity contribution in [2.45, 2.75) is 51.0 Å². The van der Waals surface area contributed by atoms with Crippen LogP contribution >= 0.6 is 0 Å². The van der Waals surface area contributed by atoms with Gasteiger partial charge in [0.05, 0.1) is 6.10 Å². The number of aliphatic hydroxyl groups is 1. The van der Waals surface area contributed by atoms with Gasteiger partial charge in [-0.15, -0.1) is 0 Å². The molecule has 0 radical (unpaired) electrons. The van der Waals surface area contributed by atoms with Crippen LogP contribution in [0.25, 0.3) is 0 Å². The first-order valence-corrected chi connectivity index (χ1v) is 5.93. The Balaban J connectivity index is 1.95. The molecule has 1 N–H and O–H groups in total. The lowest BCUT2D eigenvalue weighted by atomic mass is 9.62. The standard InChI is InChI=1S/C12H18O2/c13-10-4-5-12-7-8(10)6-9(12)2-1-3-11(12)14/h8-9,11,14H,1-7H2/t8?,9-,11+,12-/m0/s1. The molecular weight excluding hydrogens is 176 g/mol. The lowest BCUT2D eigenvalue weighted by molar-refractivity contribution is -0.127. The second kappa shape index (κ2) is 2.82. The van der Waals surface area contributed by atoms with Gasteiger partial charge in [-0.25, -0.2) is 0 Å². The van der Waals surface area contributed by atoms with Gasteiger partial charge in [0.15, 0.2) is 0 Å². The van der Waals surface area contributed by atoms with Gasteiger partial charge in [0.2, 0.25) is 0 Å². The summed E-state index contributed by atoms with van der Waals surface area (Å²) in [4.78, 5) is 11.6. The molecule has 2 heteroatoms. The van der Waals surface area contributed by atoms with E-state index >= 15 is 0 Å².